The summed E-state index contributed by atoms with van der Waals surface area (Å²) in [7, 11) is 0. The van der Waals surface area contributed by atoms with Crippen molar-refractivity contribution in [2.75, 3.05) is 5.32 Å². The lowest BCUT2D eigenvalue weighted by Gasteiger charge is -1.99. The zero-order valence-corrected chi connectivity index (χ0v) is 13.6. The van der Waals surface area contributed by atoms with Crippen molar-refractivity contribution in [1.82, 2.24) is 20.2 Å². The number of pyridine rings is 1. The van der Waals surface area contributed by atoms with Gasteiger partial charge in [0.1, 0.15) is 0 Å². The van der Waals surface area contributed by atoms with Crippen LogP contribution in [0.2, 0.25) is 0 Å². The lowest BCUT2D eigenvalue weighted by Crippen LogP contribution is -2.12. The summed E-state index contributed by atoms with van der Waals surface area (Å²) in [5.41, 5.74) is 3.97. The van der Waals surface area contributed by atoms with Gasteiger partial charge in [0.15, 0.2) is 10.8 Å². The second-order valence-corrected chi connectivity index (χ2v) is 6.21. The van der Waals surface area contributed by atoms with Crippen molar-refractivity contribution in [2.24, 2.45) is 0 Å². The maximum atomic E-state index is 12.5. The Morgan fingerprint density at radius 3 is 3.04 bits per heavy atom. The Labute approximate surface area is 141 Å². The molecule has 0 saturated carbocycles. The fraction of sp³-hybridized carbons (Fsp3) is 0.0588. The van der Waals surface area contributed by atoms with Gasteiger partial charge in [0.2, 0.25) is 0 Å². The molecule has 4 rings (SSSR count). The van der Waals surface area contributed by atoms with Crippen LogP contribution < -0.4 is 5.32 Å². The maximum absolute atomic E-state index is 12.5. The van der Waals surface area contributed by atoms with E-state index < -0.39 is 0 Å². The fourth-order valence-electron chi connectivity index (χ4n) is 2.44. The Balaban J connectivity index is 1.60. The molecule has 0 aliphatic heterocycles. The number of aromatic nitrogens is 4. The highest BCUT2D eigenvalue weighted by atomic mass is 32.1. The molecule has 1 aromatic carbocycles. The van der Waals surface area contributed by atoms with Crippen LogP contribution in [-0.4, -0.2) is 26.1 Å². The first-order valence-electron chi connectivity index (χ1n) is 7.33. The van der Waals surface area contributed by atoms with Gasteiger partial charge in [-0.3, -0.25) is 20.2 Å². The molecule has 0 aliphatic carbocycles. The molecule has 0 atom stereocenters. The van der Waals surface area contributed by atoms with Crippen LogP contribution in [0.5, 0.6) is 0 Å². The van der Waals surface area contributed by atoms with Gasteiger partial charge >= 0.3 is 0 Å². The van der Waals surface area contributed by atoms with E-state index in [0.29, 0.717) is 10.8 Å². The number of carbonyl (C=O) groups excluding carboxylic acids is 1. The van der Waals surface area contributed by atoms with Crippen molar-refractivity contribution in [2.45, 2.75) is 6.92 Å². The Bertz CT molecular complexity index is 1020. The van der Waals surface area contributed by atoms with Crippen LogP contribution >= 0.6 is 11.3 Å². The number of aromatic amines is 1. The minimum absolute atomic E-state index is 0.279. The van der Waals surface area contributed by atoms with Gasteiger partial charge < -0.3 is 0 Å². The van der Waals surface area contributed by atoms with Gasteiger partial charge in [0.25, 0.3) is 5.91 Å². The Hall–Kier alpha value is -3.06. The second kappa shape index (κ2) is 5.86. The van der Waals surface area contributed by atoms with E-state index in [-0.39, 0.29) is 5.91 Å². The van der Waals surface area contributed by atoms with Crippen molar-refractivity contribution in [3.8, 4) is 11.3 Å². The van der Waals surface area contributed by atoms with Crippen LogP contribution in [0.25, 0.3) is 22.2 Å². The average molecular weight is 335 g/mol. The van der Waals surface area contributed by atoms with Crippen molar-refractivity contribution < 1.29 is 4.79 Å². The molecule has 118 valence electrons. The summed E-state index contributed by atoms with van der Waals surface area (Å²) >= 11 is 1.37. The van der Waals surface area contributed by atoms with Crippen LogP contribution in [0.15, 0.2) is 48.1 Å². The van der Waals surface area contributed by atoms with Gasteiger partial charge in [0.05, 0.1) is 11.2 Å². The first-order chi connectivity index (χ1) is 11.7. The zero-order chi connectivity index (χ0) is 16.5. The number of aryl methyl sites for hydroxylation is 1. The molecule has 3 heterocycles. The first kappa shape index (κ1) is 14.5. The van der Waals surface area contributed by atoms with Gasteiger partial charge in [-0.25, -0.2) is 4.98 Å². The highest BCUT2D eigenvalue weighted by Crippen LogP contribution is 2.25. The number of hydrogen-bond acceptors (Lipinski definition) is 5. The van der Waals surface area contributed by atoms with Crippen molar-refractivity contribution >= 4 is 33.3 Å². The number of amides is 1. The summed E-state index contributed by atoms with van der Waals surface area (Å²) in [4.78, 5) is 21.0. The number of anilines is 1. The molecule has 2 N–H and O–H groups in total. The highest BCUT2D eigenvalue weighted by Gasteiger charge is 2.16. The fourth-order valence-corrected chi connectivity index (χ4v) is 3.15. The van der Waals surface area contributed by atoms with Crippen LogP contribution in [0, 0.1) is 6.92 Å². The Morgan fingerprint density at radius 1 is 1.29 bits per heavy atom. The average Bonchev–Trinajstić information content (AvgIpc) is 3.22. The van der Waals surface area contributed by atoms with Crippen LogP contribution in [-0.2, 0) is 0 Å². The van der Waals surface area contributed by atoms with E-state index in [0.717, 1.165) is 27.7 Å². The predicted molar refractivity (Wildman–Crippen MR) is 94.1 cm³/mol. The van der Waals surface area contributed by atoms with Gasteiger partial charge in [-0.1, -0.05) is 11.6 Å². The summed E-state index contributed by atoms with van der Waals surface area (Å²) in [6.45, 7) is 1.98. The lowest BCUT2D eigenvalue weighted by molar-refractivity contribution is 0.102. The molecule has 0 radical (unpaired) electrons. The normalized spacial score (nSPS) is 10.9. The van der Waals surface area contributed by atoms with E-state index in [2.05, 4.69) is 25.5 Å². The molecule has 3 aromatic heterocycles. The minimum Gasteiger partial charge on any atom is -0.296 e. The number of benzene rings is 1. The summed E-state index contributed by atoms with van der Waals surface area (Å²) in [5, 5.41) is 13.0. The molecule has 24 heavy (non-hydrogen) atoms. The van der Waals surface area contributed by atoms with Crippen molar-refractivity contribution in [1.29, 1.82) is 0 Å². The summed E-state index contributed by atoms with van der Waals surface area (Å²) in [5.74, 6) is -0.279. The van der Waals surface area contributed by atoms with Crippen LogP contribution in [0.4, 0.5) is 5.13 Å². The number of hydrogen-bond donors (Lipinski definition) is 2. The summed E-state index contributed by atoms with van der Waals surface area (Å²) < 4.78 is 0. The molecule has 0 spiro atoms. The van der Waals surface area contributed by atoms with E-state index in [1.54, 1.807) is 12.4 Å². The Kier molecular flexibility index (Phi) is 3.55. The van der Waals surface area contributed by atoms with Gasteiger partial charge in [-0.05, 0) is 31.2 Å². The molecule has 0 aliphatic rings. The smallest absolute Gasteiger partial charge is 0.278 e. The molecule has 0 unspecified atom stereocenters. The number of carbonyl (C=O) groups is 1. The van der Waals surface area contributed by atoms with Crippen LogP contribution in [0.1, 0.15) is 16.1 Å². The third-order valence-electron chi connectivity index (χ3n) is 3.62. The molecule has 6 nitrogen and oxygen atoms in total. The Morgan fingerprint density at radius 2 is 2.21 bits per heavy atom. The van der Waals surface area contributed by atoms with E-state index >= 15 is 0 Å². The standard InChI is InChI=1S/C17H13N5OS/c1-10-4-5-13-12(7-10)15(22-21-13)16(23)20-17-19-14(9-24-17)11-3-2-6-18-8-11/h2-9H,1H3,(H,21,22)(H,19,20,23). The van der Waals surface area contributed by atoms with Gasteiger partial charge in [-0.2, -0.15) is 5.10 Å². The van der Waals surface area contributed by atoms with E-state index in [4.69, 9.17) is 0 Å². The third-order valence-corrected chi connectivity index (χ3v) is 4.37. The number of nitrogens with one attached hydrogen (secondary N) is 2. The molecule has 7 heteroatoms. The number of H-pyrrole nitrogens is 1. The number of thiazole rings is 1. The van der Waals surface area contributed by atoms with E-state index in [1.807, 2.05) is 42.6 Å². The largest absolute Gasteiger partial charge is 0.296 e. The SMILES string of the molecule is Cc1ccc2[nH]nc(C(=O)Nc3nc(-c4cccnc4)cs3)c2c1. The molecule has 4 aromatic rings. The highest BCUT2D eigenvalue weighted by molar-refractivity contribution is 7.14. The van der Waals surface area contributed by atoms with Crippen molar-refractivity contribution in [3.05, 3.63) is 59.4 Å². The molecule has 0 bridgehead atoms. The summed E-state index contributed by atoms with van der Waals surface area (Å²) in [6, 6.07) is 9.61. The monoisotopic (exact) mass is 335 g/mol. The quantitative estimate of drug-likeness (QED) is 0.599. The maximum Gasteiger partial charge on any atom is 0.278 e. The summed E-state index contributed by atoms with van der Waals surface area (Å²) in [6.07, 6.45) is 3.45. The van der Waals surface area contributed by atoms with Gasteiger partial charge in [0, 0.05) is 28.7 Å². The zero-order valence-electron chi connectivity index (χ0n) is 12.8. The minimum atomic E-state index is -0.279. The molecule has 1 amide bonds. The number of rotatable bonds is 3. The third kappa shape index (κ3) is 2.65. The predicted octanol–water partition coefficient (Wildman–Crippen LogP) is 3.64. The number of nitrogens with zero attached hydrogens (tertiary/aromatic N) is 3. The second-order valence-electron chi connectivity index (χ2n) is 5.35. The van der Waals surface area contributed by atoms with E-state index in [9.17, 15) is 4.79 Å². The molecule has 0 saturated heterocycles. The molecule has 0 fully saturated rings. The molecular weight excluding hydrogens is 322 g/mol. The van der Waals surface area contributed by atoms with E-state index in [1.165, 1.54) is 11.3 Å². The topological polar surface area (TPSA) is 83.6 Å². The first-order valence-corrected chi connectivity index (χ1v) is 8.21. The van der Waals surface area contributed by atoms with Crippen LogP contribution in [0.3, 0.4) is 0 Å². The van der Waals surface area contributed by atoms with Gasteiger partial charge in [-0.15, -0.1) is 11.3 Å². The van der Waals surface area contributed by atoms with Crippen molar-refractivity contribution in [3.63, 3.8) is 0 Å². The molecular formula is C17H13N5OS. The lowest BCUT2D eigenvalue weighted by atomic mass is 10.1. The number of fused-ring (bicyclic) bond motifs is 1.